The minimum atomic E-state index is -0.520. The average Bonchev–Trinajstić information content (AvgIpc) is 2.80. The van der Waals surface area contributed by atoms with Gasteiger partial charge >= 0.3 is 5.69 Å². The Morgan fingerprint density at radius 3 is 2.75 bits per heavy atom. The van der Waals surface area contributed by atoms with E-state index >= 15 is 0 Å². The van der Waals surface area contributed by atoms with Gasteiger partial charge in [0, 0.05) is 6.07 Å². The smallest absolute Gasteiger partial charge is 0.302 e. The molecule has 0 N–H and O–H groups in total. The lowest BCUT2D eigenvalue weighted by molar-refractivity contribution is -0.388. The number of hydrogen-bond donors (Lipinski definition) is 0. The number of para-hydroxylation sites is 2. The van der Waals surface area contributed by atoms with E-state index in [4.69, 9.17) is 16.0 Å². The van der Waals surface area contributed by atoms with Crippen LogP contribution in [-0.2, 0) is 0 Å². The molecule has 2 heterocycles. The Bertz CT molecular complexity index is 772. The van der Waals surface area contributed by atoms with Gasteiger partial charge in [-0.05, 0) is 30.0 Å². The highest BCUT2D eigenvalue weighted by Gasteiger charge is 2.19. The molecule has 0 aliphatic carbocycles. The van der Waals surface area contributed by atoms with Gasteiger partial charge in [0.2, 0.25) is 0 Å². The first-order valence-corrected chi connectivity index (χ1v) is 6.67. The van der Waals surface area contributed by atoms with Crippen molar-refractivity contribution in [1.82, 2.24) is 9.97 Å². The van der Waals surface area contributed by atoms with Crippen LogP contribution in [-0.4, -0.2) is 14.9 Å². The molecule has 0 saturated carbocycles. The molecule has 0 unspecified atom stereocenters. The molecule has 0 fully saturated rings. The van der Waals surface area contributed by atoms with Gasteiger partial charge in [0.25, 0.3) is 5.22 Å². The summed E-state index contributed by atoms with van der Waals surface area (Å²) in [5.74, 6) is 0. The molecule has 0 saturated heterocycles. The second-order valence-electron chi connectivity index (χ2n) is 3.76. The summed E-state index contributed by atoms with van der Waals surface area (Å²) >= 11 is 6.74. The van der Waals surface area contributed by atoms with Crippen LogP contribution in [0.1, 0.15) is 0 Å². The first-order valence-electron chi connectivity index (χ1n) is 5.48. The first-order chi connectivity index (χ1) is 9.63. The van der Waals surface area contributed by atoms with Crippen LogP contribution in [0.15, 0.2) is 51.1 Å². The van der Waals surface area contributed by atoms with E-state index in [-0.39, 0.29) is 21.1 Å². The molecule has 8 heteroatoms. The van der Waals surface area contributed by atoms with Gasteiger partial charge in [-0.25, -0.2) is 9.97 Å². The van der Waals surface area contributed by atoms with Gasteiger partial charge in [-0.2, -0.15) is 0 Å². The van der Waals surface area contributed by atoms with Crippen molar-refractivity contribution in [1.29, 1.82) is 0 Å². The second kappa shape index (κ2) is 5.10. The molecule has 3 aromatic rings. The van der Waals surface area contributed by atoms with Gasteiger partial charge in [-0.3, -0.25) is 10.1 Å². The highest BCUT2D eigenvalue weighted by molar-refractivity contribution is 7.99. The molecule has 0 aliphatic heterocycles. The number of rotatable bonds is 3. The van der Waals surface area contributed by atoms with Crippen LogP contribution >= 0.6 is 23.4 Å². The molecule has 0 amide bonds. The second-order valence-corrected chi connectivity index (χ2v) is 5.09. The molecule has 0 radical (unpaired) electrons. The molecule has 6 nitrogen and oxygen atoms in total. The largest absolute Gasteiger partial charge is 0.431 e. The number of benzene rings is 1. The van der Waals surface area contributed by atoms with Crippen molar-refractivity contribution < 1.29 is 9.34 Å². The lowest BCUT2D eigenvalue weighted by Gasteiger charge is -1.98. The lowest BCUT2D eigenvalue weighted by atomic mass is 10.3. The summed E-state index contributed by atoms with van der Waals surface area (Å²) in [4.78, 5) is 18.6. The maximum Gasteiger partial charge on any atom is 0.302 e. The van der Waals surface area contributed by atoms with E-state index in [2.05, 4.69) is 9.97 Å². The zero-order valence-electron chi connectivity index (χ0n) is 9.82. The third kappa shape index (κ3) is 2.45. The number of nitro groups is 1. The highest BCUT2D eigenvalue weighted by Crippen LogP contribution is 2.34. The highest BCUT2D eigenvalue weighted by atomic mass is 35.5. The van der Waals surface area contributed by atoms with Gasteiger partial charge in [0.05, 0.1) is 4.92 Å². The van der Waals surface area contributed by atoms with Crippen molar-refractivity contribution in [3.05, 3.63) is 51.7 Å². The summed E-state index contributed by atoms with van der Waals surface area (Å²) in [5.41, 5.74) is 1.15. The molecule has 0 spiro atoms. The minimum absolute atomic E-state index is 0.137. The van der Waals surface area contributed by atoms with Crippen LogP contribution < -0.4 is 0 Å². The van der Waals surface area contributed by atoms with Crippen LogP contribution in [0.25, 0.3) is 11.1 Å². The lowest BCUT2D eigenvalue weighted by Crippen LogP contribution is -1.93. The van der Waals surface area contributed by atoms with E-state index < -0.39 is 4.92 Å². The van der Waals surface area contributed by atoms with Crippen molar-refractivity contribution in [2.45, 2.75) is 10.2 Å². The van der Waals surface area contributed by atoms with E-state index in [1.54, 1.807) is 12.1 Å². The molecule has 100 valence electrons. The van der Waals surface area contributed by atoms with Crippen LogP contribution in [0, 0.1) is 10.1 Å². The summed E-state index contributed by atoms with van der Waals surface area (Å²) in [6.45, 7) is 0. The molecular formula is C12H6ClN3O3S. The molecule has 20 heavy (non-hydrogen) atoms. The summed E-state index contributed by atoms with van der Waals surface area (Å²) < 4.78 is 5.49. The number of halogens is 1. The Morgan fingerprint density at radius 2 is 2.00 bits per heavy atom. The van der Waals surface area contributed by atoms with Crippen LogP contribution in [0.5, 0.6) is 0 Å². The zero-order chi connectivity index (χ0) is 14.1. The monoisotopic (exact) mass is 307 g/mol. The Balaban J connectivity index is 2.01. The number of nitrogens with zero attached hydrogens (tertiary/aromatic N) is 3. The Hall–Kier alpha value is -2.12. The fourth-order valence-electron chi connectivity index (χ4n) is 1.60. The maximum atomic E-state index is 11.0. The Kier molecular flexibility index (Phi) is 3.29. The molecule has 1 aromatic carbocycles. The van der Waals surface area contributed by atoms with Crippen molar-refractivity contribution in [2.75, 3.05) is 0 Å². The van der Waals surface area contributed by atoms with Crippen molar-refractivity contribution in [2.24, 2.45) is 0 Å². The third-order valence-corrected chi connectivity index (χ3v) is 3.51. The van der Waals surface area contributed by atoms with E-state index in [0.29, 0.717) is 11.1 Å². The maximum absolute atomic E-state index is 11.0. The summed E-state index contributed by atoms with van der Waals surface area (Å²) in [5, 5.41) is 11.6. The van der Waals surface area contributed by atoms with Crippen molar-refractivity contribution in [3.63, 3.8) is 0 Å². The number of fused-ring (bicyclic) bond motifs is 1. The fraction of sp³-hybridized carbons (Fsp3) is 0. The SMILES string of the molecule is O=[N+]([O-])c1ccc(Cl)nc1Sc1nc2ccccc2o1. The van der Waals surface area contributed by atoms with Crippen LogP contribution in [0.2, 0.25) is 5.15 Å². The third-order valence-electron chi connectivity index (χ3n) is 2.46. The van der Waals surface area contributed by atoms with Gasteiger partial charge in [-0.15, -0.1) is 0 Å². The first kappa shape index (κ1) is 12.9. The number of oxazole rings is 1. The normalized spacial score (nSPS) is 10.8. The van der Waals surface area contributed by atoms with Gasteiger partial charge in [0.1, 0.15) is 10.7 Å². The van der Waals surface area contributed by atoms with Crippen molar-refractivity contribution >= 4 is 40.1 Å². The summed E-state index contributed by atoms with van der Waals surface area (Å²) in [7, 11) is 0. The molecule has 3 rings (SSSR count). The number of aromatic nitrogens is 2. The zero-order valence-corrected chi connectivity index (χ0v) is 11.4. The van der Waals surface area contributed by atoms with E-state index in [9.17, 15) is 10.1 Å². The predicted molar refractivity (Wildman–Crippen MR) is 74.0 cm³/mol. The average molecular weight is 308 g/mol. The predicted octanol–water partition coefficient (Wildman–Crippen LogP) is 3.94. The Labute approximate surface area is 121 Å². The summed E-state index contributed by atoms with van der Waals surface area (Å²) in [6, 6.07) is 9.90. The number of hydrogen-bond acceptors (Lipinski definition) is 6. The van der Waals surface area contributed by atoms with Gasteiger partial charge in [0.15, 0.2) is 10.6 Å². The van der Waals surface area contributed by atoms with Gasteiger partial charge in [-0.1, -0.05) is 23.7 Å². The topological polar surface area (TPSA) is 82.1 Å². The Morgan fingerprint density at radius 1 is 1.20 bits per heavy atom. The molecular weight excluding hydrogens is 302 g/mol. The van der Waals surface area contributed by atoms with E-state index in [1.807, 2.05) is 12.1 Å². The minimum Gasteiger partial charge on any atom is -0.431 e. The standard InChI is InChI=1S/C12H6ClN3O3S/c13-10-6-5-8(16(17)18)11(15-10)20-12-14-7-3-1-2-4-9(7)19-12/h1-6H. The summed E-state index contributed by atoms with van der Waals surface area (Å²) in [6.07, 6.45) is 0. The van der Waals surface area contributed by atoms with Crippen LogP contribution in [0.4, 0.5) is 5.69 Å². The van der Waals surface area contributed by atoms with E-state index in [1.165, 1.54) is 12.1 Å². The number of pyridine rings is 1. The van der Waals surface area contributed by atoms with E-state index in [0.717, 1.165) is 11.8 Å². The van der Waals surface area contributed by atoms with Crippen molar-refractivity contribution in [3.8, 4) is 0 Å². The van der Waals surface area contributed by atoms with Gasteiger partial charge < -0.3 is 4.42 Å². The fourth-order valence-corrected chi connectivity index (χ4v) is 2.63. The quantitative estimate of drug-likeness (QED) is 0.414. The molecule has 2 aromatic heterocycles. The van der Waals surface area contributed by atoms with Crippen LogP contribution in [0.3, 0.4) is 0 Å². The molecule has 0 aliphatic rings. The molecule has 0 atom stereocenters. The molecule has 0 bridgehead atoms.